The van der Waals surface area contributed by atoms with Gasteiger partial charge in [0.2, 0.25) is 0 Å². The van der Waals surface area contributed by atoms with Gasteiger partial charge in [-0.25, -0.2) is 8.78 Å². The highest BCUT2D eigenvalue weighted by atomic mass is 35.5. The summed E-state index contributed by atoms with van der Waals surface area (Å²) in [7, 11) is 1.43. The molecule has 0 heterocycles. The zero-order chi connectivity index (χ0) is 14.0. The van der Waals surface area contributed by atoms with Crippen LogP contribution in [0.1, 0.15) is 0 Å². The highest BCUT2D eigenvalue weighted by Gasteiger charge is 2.10. The molecule has 0 aliphatic rings. The predicted octanol–water partition coefficient (Wildman–Crippen LogP) is 3.95. The second-order valence-corrected chi connectivity index (χ2v) is 4.23. The van der Waals surface area contributed by atoms with E-state index in [1.54, 1.807) is 0 Å². The normalized spacial score (nSPS) is 10.3. The number of rotatable bonds is 3. The Morgan fingerprint density at radius 1 is 1.16 bits per heavy atom. The summed E-state index contributed by atoms with van der Waals surface area (Å²) in [5.74, 6) is -0.688. The first-order valence-corrected chi connectivity index (χ1v) is 5.74. The Kier molecular flexibility index (Phi) is 3.76. The number of nitrogens with one attached hydrogen (secondary N) is 1. The van der Waals surface area contributed by atoms with E-state index in [4.69, 9.17) is 22.1 Å². The zero-order valence-electron chi connectivity index (χ0n) is 10.0. The fraction of sp³-hybridized carbons (Fsp3) is 0.0769. The van der Waals surface area contributed by atoms with Crippen molar-refractivity contribution in [3.8, 4) is 5.75 Å². The van der Waals surface area contributed by atoms with Gasteiger partial charge < -0.3 is 15.8 Å². The lowest BCUT2D eigenvalue weighted by atomic mass is 10.2. The van der Waals surface area contributed by atoms with E-state index >= 15 is 0 Å². The Morgan fingerprint density at radius 3 is 2.53 bits per heavy atom. The molecule has 19 heavy (non-hydrogen) atoms. The Hall–Kier alpha value is -2.01. The fourth-order valence-electron chi connectivity index (χ4n) is 1.58. The molecule has 0 bridgehead atoms. The molecule has 0 spiro atoms. The number of methoxy groups -OCH3 is 1. The number of nitrogens with two attached hydrogens (primary N) is 1. The molecule has 0 aromatic heterocycles. The second kappa shape index (κ2) is 5.32. The van der Waals surface area contributed by atoms with Gasteiger partial charge in [0.05, 0.1) is 29.2 Å². The first-order chi connectivity index (χ1) is 9.01. The van der Waals surface area contributed by atoms with Crippen LogP contribution in [0.5, 0.6) is 5.75 Å². The van der Waals surface area contributed by atoms with Crippen LogP contribution in [0.2, 0.25) is 5.02 Å². The third kappa shape index (κ3) is 2.88. The molecule has 0 amide bonds. The van der Waals surface area contributed by atoms with Crippen molar-refractivity contribution in [1.29, 1.82) is 0 Å². The summed E-state index contributed by atoms with van der Waals surface area (Å²) < 4.78 is 31.7. The molecule has 100 valence electrons. The van der Waals surface area contributed by atoms with Crippen LogP contribution in [0.15, 0.2) is 30.3 Å². The summed E-state index contributed by atoms with van der Waals surface area (Å²) in [6.45, 7) is 0. The number of hydrogen-bond acceptors (Lipinski definition) is 3. The molecule has 3 nitrogen and oxygen atoms in total. The van der Waals surface area contributed by atoms with Crippen molar-refractivity contribution in [2.75, 3.05) is 18.2 Å². The molecule has 3 N–H and O–H groups in total. The summed E-state index contributed by atoms with van der Waals surface area (Å²) in [4.78, 5) is 0. The predicted molar refractivity (Wildman–Crippen MR) is 72.1 cm³/mol. The van der Waals surface area contributed by atoms with Crippen LogP contribution in [-0.4, -0.2) is 7.11 Å². The first kappa shape index (κ1) is 13.4. The summed E-state index contributed by atoms with van der Waals surface area (Å²) in [6, 6.07) is 6.32. The molecule has 0 saturated carbocycles. The van der Waals surface area contributed by atoms with Crippen molar-refractivity contribution in [2.45, 2.75) is 0 Å². The highest BCUT2D eigenvalue weighted by molar-refractivity contribution is 6.33. The van der Waals surface area contributed by atoms with E-state index in [1.165, 1.54) is 25.3 Å². The van der Waals surface area contributed by atoms with E-state index < -0.39 is 11.6 Å². The molecular formula is C13H11ClF2N2O. The van der Waals surface area contributed by atoms with Gasteiger partial charge in [-0.2, -0.15) is 0 Å². The Bertz CT molecular complexity index is 620. The Labute approximate surface area is 113 Å². The largest absolute Gasteiger partial charge is 0.495 e. The van der Waals surface area contributed by atoms with Gasteiger partial charge in [0.1, 0.15) is 17.4 Å². The molecule has 2 rings (SSSR count). The monoisotopic (exact) mass is 284 g/mol. The molecule has 0 atom stereocenters. The zero-order valence-corrected chi connectivity index (χ0v) is 10.8. The highest BCUT2D eigenvalue weighted by Crippen LogP contribution is 2.32. The summed E-state index contributed by atoms with van der Waals surface area (Å²) >= 11 is 5.86. The maximum absolute atomic E-state index is 13.7. The maximum Gasteiger partial charge on any atom is 0.148 e. The molecule has 0 saturated heterocycles. The van der Waals surface area contributed by atoms with Gasteiger partial charge in [0.15, 0.2) is 0 Å². The second-order valence-electron chi connectivity index (χ2n) is 3.82. The maximum atomic E-state index is 13.7. The molecule has 0 fully saturated rings. The van der Waals surface area contributed by atoms with Gasteiger partial charge in [-0.05, 0) is 18.2 Å². The lowest BCUT2D eigenvalue weighted by molar-refractivity contribution is 0.416. The van der Waals surface area contributed by atoms with E-state index in [0.29, 0.717) is 11.4 Å². The van der Waals surface area contributed by atoms with Gasteiger partial charge in [0.25, 0.3) is 0 Å². The van der Waals surface area contributed by atoms with E-state index in [0.717, 1.165) is 12.1 Å². The van der Waals surface area contributed by atoms with Gasteiger partial charge in [-0.1, -0.05) is 11.6 Å². The van der Waals surface area contributed by atoms with Crippen LogP contribution in [0.25, 0.3) is 0 Å². The van der Waals surface area contributed by atoms with Crippen molar-refractivity contribution in [3.05, 3.63) is 47.0 Å². The molecule has 0 radical (unpaired) electrons. The number of hydrogen-bond donors (Lipinski definition) is 2. The molecule has 0 unspecified atom stereocenters. The van der Waals surface area contributed by atoms with Crippen LogP contribution >= 0.6 is 11.6 Å². The average Bonchev–Trinajstić information content (AvgIpc) is 2.35. The molecular weight excluding hydrogens is 274 g/mol. The van der Waals surface area contributed by atoms with E-state index in [2.05, 4.69) is 5.32 Å². The fourth-order valence-corrected chi connectivity index (χ4v) is 1.79. The SMILES string of the molecule is COc1cc(Nc2ccc(F)cc2Cl)c(F)cc1N. The number of nitrogen functional groups attached to an aromatic ring is 1. The summed E-state index contributed by atoms with van der Waals surface area (Å²) in [5.41, 5.74) is 6.29. The van der Waals surface area contributed by atoms with Crippen LogP contribution in [0.3, 0.4) is 0 Å². The van der Waals surface area contributed by atoms with Gasteiger partial charge in [-0.3, -0.25) is 0 Å². The van der Waals surface area contributed by atoms with Gasteiger partial charge in [-0.15, -0.1) is 0 Å². The van der Waals surface area contributed by atoms with Gasteiger partial charge in [0, 0.05) is 12.1 Å². The van der Waals surface area contributed by atoms with Crippen molar-refractivity contribution >= 4 is 28.7 Å². The molecule has 0 aliphatic carbocycles. The minimum absolute atomic E-state index is 0.138. The van der Waals surface area contributed by atoms with E-state index in [-0.39, 0.29) is 16.4 Å². The Balaban J connectivity index is 2.37. The van der Waals surface area contributed by atoms with Crippen molar-refractivity contribution in [1.82, 2.24) is 0 Å². The third-order valence-corrected chi connectivity index (χ3v) is 2.83. The molecule has 2 aromatic rings. The number of benzene rings is 2. The lowest BCUT2D eigenvalue weighted by Crippen LogP contribution is -1.99. The standard InChI is InChI=1S/C13H11ClF2N2O/c1-19-13-6-12(9(16)5-10(13)17)18-11-3-2-7(15)4-8(11)14/h2-6,18H,17H2,1H3. The molecule has 6 heteroatoms. The van der Waals surface area contributed by atoms with Crippen LogP contribution in [0.4, 0.5) is 25.8 Å². The average molecular weight is 285 g/mol. The molecule has 2 aromatic carbocycles. The number of anilines is 3. The van der Waals surface area contributed by atoms with Crippen LogP contribution in [0, 0.1) is 11.6 Å². The summed E-state index contributed by atoms with van der Waals surface area (Å²) in [5, 5.41) is 2.91. The minimum atomic E-state index is -0.557. The summed E-state index contributed by atoms with van der Waals surface area (Å²) in [6.07, 6.45) is 0. The first-order valence-electron chi connectivity index (χ1n) is 5.36. The van der Waals surface area contributed by atoms with Crippen LogP contribution in [-0.2, 0) is 0 Å². The van der Waals surface area contributed by atoms with Crippen molar-refractivity contribution in [3.63, 3.8) is 0 Å². The van der Waals surface area contributed by atoms with Crippen LogP contribution < -0.4 is 15.8 Å². The van der Waals surface area contributed by atoms with Crippen molar-refractivity contribution < 1.29 is 13.5 Å². The number of halogens is 3. The van der Waals surface area contributed by atoms with E-state index in [1.807, 2.05) is 0 Å². The minimum Gasteiger partial charge on any atom is -0.495 e. The third-order valence-electron chi connectivity index (χ3n) is 2.52. The lowest BCUT2D eigenvalue weighted by Gasteiger charge is -2.12. The van der Waals surface area contributed by atoms with Crippen molar-refractivity contribution in [2.24, 2.45) is 0 Å². The molecule has 0 aliphatic heterocycles. The quantitative estimate of drug-likeness (QED) is 0.839. The van der Waals surface area contributed by atoms with Gasteiger partial charge >= 0.3 is 0 Å². The smallest absolute Gasteiger partial charge is 0.148 e. The van der Waals surface area contributed by atoms with E-state index in [9.17, 15) is 8.78 Å². The topological polar surface area (TPSA) is 47.3 Å². The Morgan fingerprint density at radius 2 is 1.89 bits per heavy atom. The number of ether oxygens (including phenoxy) is 1.